The van der Waals surface area contributed by atoms with Crippen LogP contribution < -0.4 is 5.32 Å². The summed E-state index contributed by atoms with van der Waals surface area (Å²) in [5.74, 6) is 0.859. The van der Waals surface area contributed by atoms with E-state index in [9.17, 15) is 4.79 Å². The standard InChI is InChI=1S/C11H18N4O/c1-15-10(8-13-14-15)11(16)3-2-9-4-6-12-7-5-9/h8-9,12H,2-7H2,1H3. The third-order valence-corrected chi connectivity index (χ3v) is 3.24. The van der Waals surface area contributed by atoms with Gasteiger partial charge < -0.3 is 5.32 Å². The minimum absolute atomic E-state index is 0.158. The van der Waals surface area contributed by atoms with Crippen LogP contribution in [0.2, 0.25) is 0 Å². The van der Waals surface area contributed by atoms with Gasteiger partial charge in [0, 0.05) is 13.5 Å². The second kappa shape index (κ2) is 5.21. The van der Waals surface area contributed by atoms with Crippen LogP contribution in [-0.4, -0.2) is 33.9 Å². The van der Waals surface area contributed by atoms with Crippen molar-refractivity contribution in [3.8, 4) is 0 Å². The van der Waals surface area contributed by atoms with E-state index in [1.807, 2.05) is 0 Å². The number of nitrogens with zero attached hydrogens (tertiary/aromatic N) is 3. The first kappa shape index (κ1) is 11.3. The van der Waals surface area contributed by atoms with Gasteiger partial charge in [-0.3, -0.25) is 4.79 Å². The third kappa shape index (κ3) is 2.66. The number of Topliss-reactive ketones (excluding diaryl/α,β-unsaturated/α-hetero) is 1. The third-order valence-electron chi connectivity index (χ3n) is 3.24. The van der Waals surface area contributed by atoms with Crippen molar-refractivity contribution in [2.45, 2.75) is 25.7 Å². The topological polar surface area (TPSA) is 59.8 Å². The first-order valence-corrected chi connectivity index (χ1v) is 5.86. The predicted octanol–water partition coefficient (Wildman–Crippen LogP) is 0.778. The Labute approximate surface area is 95.2 Å². The number of hydrogen-bond acceptors (Lipinski definition) is 4. The molecule has 2 heterocycles. The lowest BCUT2D eigenvalue weighted by atomic mass is 9.92. The second-order valence-electron chi connectivity index (χ2n) is 4.40. The molecule has 0 unspecified atom stereocenters. The molecule has 16 heavy (non-hydrogen) atoms. The van der Waals surface area contributed by atoms with E-state index >= 15 is 0 Å². The number of piperidine rings is 1. The van der Waals surface area contributed by atoms with E-state index in [4.69, 9.17) is 0 Å². The molecule has 88 valence electrons. The van der Waals surface area contributed by atoms with Crippen LogP contribution in [-0.2, 0) is 7.05 Å². The van der Waals surface area contributed by atoms with Gasteiger partial charge in [0.15, 0.2) is 5.78 Å². The smallest absolute Gasteiger partial charge is 0.182 e. The summed E-state index contributed by atoms with van der Waals surface area (Å²) in [6.45, 7) is 2.18. The van der Waals surface area contributed by atoms with Crippen molar-refractivity contribution in [3.05, 3.63) is 11.9 Å². The lowest BCUT2D eigenvalue weighted by Crippen LogP contribution is -2.28. The van der Waals surface area contributed by atoms with Gasteiger partial charge in [0.05, 0.1) is 6.20 Å². The van der Waals surface area contributed by atoms with Gasteiger partial charge in [0.1, 0.15) is 5.69 Å². The van der Waals surface area contributed by atoms with Gasteiger partial charge in [0.25, 0.3) is 0 Å². The lowest BCUT2D eigenvalue weighted by molar-refractivity contribution is 0.0961. The lowest BCUT2D eigenvalue weighted by Gasteiger charge is -2.21. The minimum Gasteiger partial charge on any atom is -0.317 e. The van der Waals surface area contributed by atoms with Crippen LogP contribution in [0, 0.1) is 5.92 Å². The Morgan fingerprint density at radius 1 is 1.56 bits per heavy atom. The summed E-state index contributed by atoms with van der Waals surface area (Å²) in [7, 11) is 1.75. The molecule has 5 nitrogen and oxygen atoms in total. The zero-order chi connectivity index (χ0) is 11.4. The molecule has 1 fully saturated rings. The molecule has 5 heteroatoms. The summed E-state index contributed by atoms with van der Waals surface area (Å²) in [5.41, 5.74) is 0.619. The van der Waals surface area contributed by atoms with Gasteiger partial charge in [-0.25, -0.2) is 4.68 Å². The number of nitrogens with one attached hydrogen (secondary N) is 1. The van der Waals surface area contributed by atoms with Crippen LogP contribution in [0.25, 0.3) is 0 Å². The highest BCUT2D eigenvalue weighted by atomic mass is 16.1. The molecule has 1 saturated heterocycles. The molecule has 1 aliphatic heterocycles. The first-order chi connectivity index (χ1) is 7.77. The van der Waals surface area contributed by atoms with E-state index in [1.54, 1.807) is 17.9 Å². The number of ketones is 1. The summed E-state index contributed by atoms with van der Waals surface area (Å²) in [6, 6.07) is 0. The zero-order valence-electron chi connectivity index (χ0n) is 9.65. The van der Waals surface area contributed by atoms with Crippen molar-refractivity contribution in [2.75, 3.05) is 13.1 Å². The van der Waals surface area contributed by atoms with Gasteiger partial charge in [0.2, 0.25) is 0 Å². The maximum Gasteiger partial charge on any atom is 0.182 e. The van der Waals surface area contributed by atoms with Crippen molar-refractivity contribution in [1.82, 2.24) is 20.3 Å². The molecule has 1 N–H and O–H groups in total. The highest BCUT2D eigenvalue weighted by Crippen LogP contribution is 2.18. The maximum absolute atomic E-state index is 11.9. The zero-order valence-corrected chi connectivity index (χ0v) is 9.65. The molecule has 1 aromatic heterocycles. The van der Waals surface area contributed by atoms with Gasteiger partial charge in [-0.15, -0.1) is 5.10 Å². The first-order valence-electron chi connectivity index (χ1n) is 5.86. The average Bonchev–Trinajstić information content (AvgIpc) is 2.74. The van der Waals surface area contributed by atoms with Crippen LogP contribution >= 0.6 is 0 Å². The van der Waals surface area contributed by atoms with Crippen molar-refractivity contribution in [1.29, 1.82) is 0 Å². The van der Waals surface area contributed by atoms with E-state index in [-0.39, 0.29) is 5.78 Å². The Balaban J connectivity index is 1.81. The second-order valence-corrected chi connectivity index (χ2v) is 4.40. The number of aromatic nitrogens is 3. The monoisotopic (exact) mass is 222 g/mol. The number of carbonyl (C=O) groups is 1. The van der Waals surface area contributed by atoms with Crippen LogP contribution in [0.15, 0.2) is 6.20 Å². The largest absolute Gasteiger partial charge is 0.317 e. The number of carbonyl (C=O) groups excluding carboxylic acids is 1. The SMILES string of the molecule is Cn1nncc1C(=O)CCC1CCNCC1. The Hall–Kier alpha value is -1.23. The van der Waals surface area contributed by atoms with Gasteiger partial charge in [-0.1, -0.05) is 5.21 Å². The van der Waals surface area contributed by atoms with E-state index in [2.05, 4.69) is 15.6 Å². The van der Waals surface area contributed by atoms with E-state index in [0.717, 1.165) is 19.5 Å². The fourth-order valence-corrected chi connectivity index (χ4v) is 2.18. The Morgan fingerprint density at radius 3 is 2.94 bits per heavy atom. The molecule has 1 aromatic rings. The Bertz CT molecular complexity index is 355. The summed E-state index contributed by atoms with van der Waals surface area (Å²) in [5, 5.41) is 10.8. The Morgan fingerprint density at radius 2 is 2.31 bits per heavy atom. The van der Waals surface area contributed by atoms with Crippen LogP contribution in [0.4, 0.5) is 0 Å². The van der Waals surface area contributed by atoms with E-state index in [0.29, 0.717) is 18.0 Å². The quantitative estimate of drug-likeness (QED) is 0.765. The van der Waals surface area contributed by atoms with Crippen LogP contribution in [0.3, 0.4) is 0 Å². The van der Waals surface area contributed by atoms with Crippen molar-refractivity contribution >= 4 is 5.78 Å². The highest BCUT2D eigenvalue weighted by molar-refractivity contribution is 5.94. The molecule has 0 saturated carbocycles. The van der Waals surface area contributed by atoms with Crippen molar-refractivity contribution in [3.63, 3.8) is 0 Å². The van der Waals surface area contributed by atoms with Crippen LogP contribution in [0.1, 0.15) is 36.2 Å². The molecule has 0 radical (unpaired) electrons. The van der Waals surface area contributed by atoms with Crippen molar-refractivity contribution < 1.29 is 4.79 Å². The molecule has 1 aliphatic rings. The average molecular weight is 222 g/mol. The van der Waals surface area contributed by atoms with Crippen molar-refractivity contribution in [2.24, 2.45) is 13.0 Å². The number of hydrogen-bond donors (Lipinski definition) is 1. The summed E-state index contributed by atoms with van der Waals surface area (Å²) < 4.78 is 1.55. The summed E-state index contributed by atoms with van der Waals surface area (Å²) in [4.78, 5) is 11.9. The molecule has 0 spiro atoms. The molecule has 2 rings (SSSR count). The van der Waals surface area contributed by atoms with Gasteiger partial charge in [-0.05, 0) is 38.3 Å². The fraction of sp³-hybridized carbons (Fsp3) is 0.727. The molecule has 0 aliphatic carbocycles. The molecule has 0 aromatic carbocycles. The number of aryl methyl sites for hydroxylation is 1. The molecule has 0 atom stereocenters. The summed E-state index contributed by atoms with van der Waals surface area (Å²) in [6.07, 6.45) is 5.54. The fourth-order valence-electron chi connectivity index (χ4n) is 2.18. The maximum atomic E-state index is 11.9. The molecule has 0 amide bonds. The molecular formula is C11H18N4O. The number of rotatable bonds is 4. The molecule has 0 bridgehead atoms. The van der Waals surface area contributed by atoms with Gasteiger partial charge in [-0.2, -0.15) is 0 Å². The summed E-state index contributed by atoms with van der Waals surface area (Å²) >= 11 is 0. The minimum atomic E-state index is 0.158. The van der Waals surface area contributed by atoms with E-state index in [1.165, 1.54) is 12.8 Å². The van der Waals surface area contributed by atoms with E-state index < -0.39 is 0 Å². The normalized spacial score (nSPS) is 17.6. The molecular weight excluding hydrogens is 204 g/mol. The predicted molar refractivity (Wildman–Crippen MR) is 60.2 cm³/mol. The highest BCUT2D eigenvalue weighted by Gasteiger charge is 2.16. The van der Waals surface area contributed by atoms with Gasteiger partial charge >= 0.3 is 0 Å². The van der Waals surface area contributed by atoms with Crippen LogP contribution in [0.5, 0.6) is 0 Å². The Kier molecular flexibility index (Phi) is 3.66.